The predicted molar refractivity (Wildman–Crippen MR) is 71.9 cm³/mol. The fourth-order valence-electron chi connectivity index (χ4n) is 2.44. The van der Waals surface area contributed by atoms with Gasteiger partial charge in [0.15, 0.2) is 0 Å². The molecule has 0 N–H and O–H groups in total. The van der Waals surface area contributed by atoms with E-state index in [0.717, 1.165) is 12.0 Å². The highest BCUT2D eigenvalue weighted by molar-refractivity contribution is 5.97. The van der Waals surface area contributed by atoms with E-state index in [0.29, 0.717) is 25.1 Å². The van der Waals surface area contributed by atoms with Gasteiger partial charge >= 0.3 is 5.97 Å². The number of amides is 1. The SMILES string of the molecule is CCOC(=O)C1CCCN1C(=O)c1cccc(C)c1. The molecule has 0 aromatic heterocycles. The zero-order chi connectivity index (χ0) is 13.8. The smallest absolute Gasteiger partial charge is 0.328 e. The fourth-order valence-corrected chi connectivity index (χ4v) is 2.44. The summed E-state index contributed by atoms with van der Waals surface area (Å²) in [5.74, 6) is -0.375. The molecule has 2 rings (SSSR count). The molecule has 102 valence electrons. The van der Waals surface area contributed by atoms with Crippen LogP contribution < -0.4 is 0 Å². The van der Waals surface area contributed by atoms with Crippen LogP contribution in [0.5, 0.6) is 0 Å². The van der Waals surface area contributed by atoms with Crippen molar-refractivity contribution in [3.05, 3.63) is 35.4 Å². The Hall–Kier alpha value is -1.84. The van der Waals surface area contributed by atoms with Crippen molar-refractivity contribution in [1.29, 1.82) is 0 Å². The molecule has 1 saturated heterocycles. The van der Waals surface area contributed by atoms with Gasteiger partial charge < -0.3 is 9.64 Å². The number of ether oxygens (including phenoxy) is 1. The molecule has 0 spiro atoms. The maximum Gasteiger partial charge on any atom is 0.328 e. The molecular weight excluding hydrogens is 242 g/mol. The predicted octanol–water partition coefficient (Wildman–Crippen LogP) is 2.16. The van der Waals surface area contributed by atoms with Crippen LogP contribution >= 0.6 is 0 Å². The molecule has 4 heteroatoms. The number of carbonyl (C=O) groups is 2. The normalized spacial score (nSPS) is 18.4. The van der Waals surface area contributed by atoms with Crippen molar-refractivity contribution in [3.63, 3.8) is 0 Å². The second-order valence-electron chi connectivity index (χ2n) is 4.78. The lowest BCUT2D eigenvalue weighted by Crippen LogP contribution is -2.41. The first-order chi connectivity index (χ1) is 9.13. The maximum absolute atomic E-state index is 12.4. The molecule has 0 bridgehead atoms. The fraction of sp³-hybridized carbons (Fsp3) is 0.467. The Morgan fingerprint density at radius 1 is 1.42 bits per heavy atom. The number of carbonyl (C=O) groups excluding carboxylic acids is 2. The number of aryl methyl sites for hydroxylation is 1. The number of nitrogens with zero attached hydrogens (tertiary/aromatic N) is 1. The lowest BCUT2D eigenvalue weighted by atomic mass is 10.1. The summed E-state index contributed by atoms with van der Waals surface area (Å²) >= 11 is 0. The van der Waals surface area contributed by atoms with E-state index in [1.807, 2.05) is 25.1 Å². The summed E-state index contributed by atoms with van der Waals surface area (Å²) < 4.78 is 5.03. The van der Waals surface area contributed by atoms with Crippen LogP contribution in [0.3, 0.4) is 0 Å². The highest BCUT2D eigenvalue weighted by Crippen LogP contribution is 2.21. The van der Waals surface area contributed by atoms with E-state index in [1.165, 1.54) is 0 Å². The van der Waals surface area contributed by atoms with Crippen molar-refractivity contribution in [2.75, 3.05) is 13.2 Å². The summed E-state index contributed by atoms with van der Waals surface area (Å²) in [7, 11) is 0. The molecule has 0 radical (unpaired) electrons. The first kappa shape index (κ1) is 13.6. The van der Waals surface area contributed by atoms with Gasteiger partial charge in [-0.3, -0.25) is 4.79 Å². The van der Waals surface area contributed by atoms with Crippen LogP contribution in [-0.4, -0.2) is 36.0 Å². The number of likely N-dealkylation sites (tertiary alicyclic amines) is 1. The molecule has 4 nitrogen and oxygen atoms in total. The van der Waals surface area contributed by atoms with E-state index in [9.17, 15) is 9.59 Å². The van der Waals surface area contributed by atoms with Crippen LogP contribution in [-0.2, 0) is 9.53 Å². The van der Waals surface area contributed by atoms with Crippen molar-refractivity contribution >= 4 is 11.9 Å². The molecule has 1 fully saturated rings. The van der Waals surface area contributed by atoms with Gasteiger partial charge in [0, 0.05) is 12.1 Å². The second kappa shape index (κ2) is 5.87. The van der Waals surface area contributed by atoms with Gasteiger partial charge in [-0.1, -0.05) is 17.7 Å². The molecule has 1 aromatic rings. The molecule has 1 aliphatic rings. The van der Waals surface area contributed by atoms with Crippen molar-refractivity contribution in [2.24, 2.45) is 0 Å². The van der Waals surface area contributed by atoms with E-state index >= 15 is 0 Å². The van der Waals surface area contributed by atoms with Crippen molar-refractivity contribution in [3.8, 4) is 0 Å². The van der Waals surface area contributed by atoms with E-state index in [4.69, 9.17) is 4.74 Å². The lowest BCUT2D eigenvalue weighted by molar-refractivity contribution is -0.147. The van der Waals surface area contributed by atoms with Crippen LogP contribution in [0.2, 0.25) is 0 Å². The number of hydrogen-bond acceptors (Lipinski definition) is 3. The topological polar surface area (TPSA) is 46.6 Å². The molecule has 19 heavy (non-hydrogen) atoms. The largest absolute Gasteiger partial charge is 0.464 e. The molecule has 1 heterocycles. The van der Waals surface area contributed by atoms with Gasteiger partial charge in [-0.25, -0.2) is 4.79 Å². The quantitative estimate of drug-likeness (QED) is 0.783. The number of hydrogen-bond donors (Lipinski definition) is 0. The Kier molecular flexibility index (Phi) is 4.20. The zero-order valence-electron chi connectivity index (χ0n) is 11.4. The Morgan fingerprint density at radius 3 is 2.89 bits per heavy atom. The highest BCUT2D eigenvalue weighted by atomic mass is 16.5. The average Bonchev–Trinajstić information content (AvgIpc) is 2.87. The third kappa shape index (κ3) is 2.95. The summed E-state index contributed by atoms with van der Waals surface area (Å²) in [4.78, 5) is 25.9. The van der Waals surface area contributed by atoms with Crippen molar-refractivity contribution < 1.29 is 14.3 Å². The summed E-state index contributed by atoms with van der Waals surface area (Å²) in [6.45, 7) is 4.70. The Bertz CT molecular complexity index is 484. The van der Waals surface area contributed by atoms with Gasteiger partial charge in [0.25, 0.3) is 5.91 Å². The van der Waals surface area contributed by atoms with Crippen LogP contribution in [0.1, 0.15) is 35.7 Å². The van der Waals surface area contributed by atoms with E-state index in [2.05, 4.69) is 0 Å². The second-order valence-corrected chi connectivity index (χ2v) is 4.78. The van der Waals surface area contributed by atoms with Gasteiger partial charge in [0.1, 0.15) is 6.04 Å². The van der Waals surface area contributed by atoms with Gasteiger partial charge in [-0.2, -0.15) is 0 Å². The monoisotopic (exact) mass is 261 g/mol. The Morgan fingerprint density at radius 2 is 2.21 bits per heavy atom. The summed E-state index contributed by atoms with van der Waals surface area (Å²) in [6.07, 6.45) is 1.54. The zero-order valence-corrected chi connectivity index (χ0v) is 11.4. The van der Waals surface area contributed by atoms with Gasteiger partial charge in [0.2, 0.25) is 0 Å². The molecule has 1 amide bonds. The van der Waals surface area contributed by atoms with Crippen molar-refractivity contribution in [1.82, 2.24) is 4.90 Å². The number of benzene rings is 1. The Balaban J connectivity index is 2.16. The Labute approximate surface area is 113 Å². The summed E-state index contributed by atoms with van der Waals surface area (Å²) in [5.41, 5.74) is 1.67. The van der Waals surface area contributed by atoms with Crippen LogP contribution in [0.15, 0.2) is 24.3 Å². The van der Waals surface area contributed by atoms with Crippen LogP contribution in [0.4, 0.5) is 0 Å². The lowest BCUT2D eigenvalue weighted by Gasteiger charge is -2.23. The van der Waals surface area contributed by atoms with Crippen LogP contribution in [0, 0.1) is 6.92 Å². The minimum absolute atomic E-state index is 0.0840. The highest BCUT2D eigenvalue weighted by Gasteiger charge is 2.35. The maximum atomic E-state index is 12.4. The van der Waals surface area contributed by atoms with Crippen LogP contribution in [0.25, 0.3) is 0 Å². The first-order valence-electron chi connectivity index (χ1n) is 6.67. The third-order valence-electron chi connectivity index (χ3n) is 3.34. The molecule has 1 unspecified atom stereocenters. The van der Waals surface area contributed by atoms with Crippen molar-refractivity contribution in [2.45, 2.75) is 32.7 Å². The minimum atomic E-state index is -0.423. The van der Waals surface area contributed by atoms with E-state index < -0.39 is 6.04 Å². The minimum Gasteiger partial charge on any atom is -0.464 e. The standard InChI is InChI=1S/C15H19NO3/c1-3-19-15(18)13-8-5-9-16(13)14(17)12-7-4-6-11(2)10-12/h4,6-7,10,13H,3,5,8-9H2,1-2H3. The first-order valence-corrected chi connectivity index (χ1v) is 6.67. The average molecular weight is 261 g/mol. The molecule has 0 saturated carbocycles. The summed E-state index contributed by atoms with van der Waals surface area (Å²) in [5, 5.41) is 0. The van der Waals surface area contributed by atoms with E-state index in [-0.39, 0.29) is 11.9 Å². The van der Waals surface area contributed by atoms with Gasteiger partial charge in [0.05, 0.1) is 6.61 Å². The number of esters is 1. The molecule has 0 aliphatic carbocycles. The van der Waals surface area contributed by atoms with E-state index in [1.54, 1.807) is 17.9 Å². The molecule has 1 atom stereocenters. The number of rotatable bonds is 3. The van der Waals surface area contributed by atoms with Gasteiger partial charge in [-0.05, 0) is 38.8 Å². The molecule has 1 aliphatic heterocycles. The molecular formula is C15H19NO3. The third-order valence-corrected chi connectivity index (χ3v) is 3.34. The summed E-state index contributed by atoms with van der Waals surface area (Å²) in [6, 6.07) is 7.02. The molecule has 1 aromatic carbocycles. The van der Waals surface area contributed by atoms with Gasteiger partial charge in [-0.15, -0.1) is 0 Å².